The molecule has 0 unspecified atom stereocenters. The minimum absolute atomic E-state index is 0.630. The summed E-state index contributed by atoms with van der Waals surface area (Å²) in [6, 6.07) is 8.33. The van der Waals surface area contributed by atoms with Gasteiger partial charge in [0.05, 0.1) is 0 Å². The Morgan fingerprint density at radius 1 is 0.957 bits per heavy atom. The zero-order valence-corrected chi connectivity index (χ0v) is 14.8. The van der Waals surface area contributed by atoms with E-state index in [9.17, 15) is 0 Å². The summed E-state index contributed by atoms with van der Waals surface area (Å²) in [5.74, 6) is 1.49. The lowest BCUT2D eigenvalue weighted by Gasteiger charge is -2.12. The number of rotatable bonds is 7. The highest BCUT2D eigenvalue weighted by molar-refractivity contribution is 5.57. The number of aryl methyl sites for hydroxylation is 3. The second kappa shape index (κ2) is 7.92. The number of aromatic nitrogens is 2. The van der Waals surface area contributed by atoms with Crippen LogP contribution < -0.4 is 10.6 Å². The molecule has 0 aliphatic rings. The van der Waals surface area contributed by atoms with Crippen LogP contribution >= 0.6 is 0 Å². The Morgan fingerprint density at radius 2 is 1.65 bits per heavy atom. The molecule has 1 aromatic heterocycles. The van der Waals surface area contributed by atoms with Gasteiger partial charge in [-0.05, 0) is 71.1 Å². The van der Waals surface area contributed by atoms with Crippen LogP contribution in [0.5, 0.6) is 0 Å². The van der Waals surface area contributed by atoms with Crippen molar-refractivity contribution in [3.05, 3.63) is 41.1 Å². The van der Waals surface area contributed by atoms with Crippen molar-refractivity contribution in [1.29, 1.82) is 0 Å². The Balaban J connectivity index is 2.04. The molecular weight excluding hydrogens is 286 g/mol. The minimum Gasteiger partial charge on any atom is -0.370 e. The molecule has 124 valence electrons. The van der Waals surface area contributed by atoms with Crippen LogP contribution in [-0.4, -0.2) is 42.1 Å². The highest BCUT2D eigenvalue weighted by atomic mass is 15.1. The van der Waals surface area contributed by atoms with Gasteiger partial charge >= 0.3 is 0 Å². The summed E-state index contributed by atoms with van der Waals surface area (Å²) in [5.41, 5.74) is 4.41. The lowest BCUT2D eigenvalue weighted by Crippen LogP contribution is -2.16. The third-order valence-corrected chi connectivity index (χ3v) is 3.42. The summed E-state index contributed by atoms with van der Waals surface area (Å²) in [6.45, 7) is 8.13. The Hall–Kier alpha value is -2.14. The van der Waals surface area contributed by atoms with Gasteiger partial charge in [-0.2, -0.15) is 4.98 Å². The molecule has 5 nitrogen and oxygen atoms in total. The summed E-state index contributed by atoms with van der Waals surface area (Å²) in [4.78, 5) is 11.2. The Labute approximate surface area is 139 Å². The Kier molecular flexibility index (Phi) is 5.93. The molecule has 0 saturated heterocycles. The monoisotopic (exact) mass is 313 g/mol. The molecule has 0 radical (unpaired) electrons. The fourth-order valence-corrected chi connectivity index (χ4v) is 2.50. The third kappa shape index (κ3) is 5.87. The number of nitrogens with zero attached hydrogens (tertiary/aromatic N) is 3. The van der Waals surface area contributed by atoms with Gasteiger partial charge in [0.25, 0.3) is 0 Å². The molecule has 23 heavy (non-hydrogen) atoms. The van der Waals surface area contributed by atoms with E-state index < -0.39 is 0 Å². The molecule has 0 aliphatic carbocycles. The van der Waals surface area contributed by atoms with Gasteiger partial charge in [-0.15, -0.1) is 0 Å². The lowest BCUT2D eigenvalue weighted by atomic mass is 10.1. The molecule has 0 fully saturated rings. The molecule has 2 rings (SSSR count). The first kappa shape index (κ1) is 17.2. The van der Waals surface area contributed by atoms with E-state index in [0.717, 1.165) is 36.7 Å². The van der Waals surface area contributed by atoms with Gasteiger partial charge in [0.2, 0.25) is 5.95 Å². The first-order valence-corrected chi connectivity index (χ1v) is 8.02. The number of hydrogen-bond donors (Lipinski definition) is 2. The molecule has 1 heterocycles. The number of anilines is 3. The predicted octanol–water partition coefficient (Wildman–Crippen LogP) is 3.51. The van der Waals surface area contributed by atoms with E-state index in [1.54, 1.807) is 0 Å². The first-order chi connectivity index (χ1) is 10.9. The standard InChI is InChI=1S/C18H27N5/c1-13-9-14(2)11-16(10-13)21-18-20-15(3)12-17(22-18)19-7-6-8-23(4)5/h9-12H,6-8H2,1-5H3,(H2,19,20,21,22). The van der Waals surface area contributed by atoms with Crippen LogP contribution in [0.4, 0.5) is 17.5 Å². The normalized spacial score (nSPS) is 10.9. The van der Waals surface area contributed by atoms with Crippen LogP contribution in [-0.2, 0) is 0 Å². The van der Waals surface area contributed by atoms with Crippen LogP contribution in [0.3, 0.4) is 0 Å². The van der Waals surface area contributed by atoms with Gasteiger partial charge < -0.3 is 15.5 Å². The quantitative estimate of drug-likeness (QED) is 0.766. The van der Waals surface area contributed by atoms with E-state index in [1.165, 1.54) is 11.1 Å². The molecule has 0 atom stereocenters. The van der Waals surface area contributed by atoms with Crippen molar-refractivity contribution in [2.75, 3.05) is 37.8 Å². The summed E-state index contributed by atoms with van der Waals surface area (Å²) in [5, 5.41) is 6.68. The van der Waals surface area contributed by atoms with E-state index in [-0.39, 0.29) is 0 Å². The first-order valence-electron chi connectivity index (χ1n) is 8.02. The van der Waals surface area contributed by atoms with E-state index in [1.807, 2.05) is 13.0 Å². The average molecular weight is 313 g/mol. The summed E-state index contributed by atoms with van der Waals surface area (Å²) in [6.07, 6.45) is 1.08. The maximum Gasteiger partial charge on any atom is 0.229 e. The van der Waals surface area contributed by atoms with Crippen LogP contribution in [0.25, 0.3) is 0 Å². The zero-order chi connectivity index (χ0) is 16.8. The summed E-state index contributed by atoms with van der Waals surface area (Å²) in [7, 11) is 4.17. The number of hydrogen-bond acceptors (Lipinski definition) is 5. The average Bonchev–Trinajstić information content (AvgIpc) is 2.41. The largest absolute Gasteiger partial charge is 0.370 e. The highest BCUT2D eigenvalue weighted by Gasteiger charge is 2.04. The van der Waals surface area contributed by atoms with Gasteiger partial charge in [-0.1, -0.05) is 6.07 Å². The van der Waals surface area contributed by atoms with Crippen LogP contribution in [0.15, 0.2) is 24.3 Å². The van der Waals surface area contributed by atoms with E-state index in [2.05, 4.69) is 71.6 Å². The van der Waals surface area contributed by atoms with Gasteiger partial charge in [0.15, 0.2) is 0 Å². The lowest BCUT2D eigenvalue weighted by molar-refractivity contribution is 0.405. The molecule has 0 saturated carbocycles. The fourth-order valence-electron chi connectivity index (χ4n) is 2.50. The predicted molar refractivity (Wildman–Crippen MR) is 97.6 cm³/mol. The topological polar surface area (TPSA) is 53.1 Å². The maximum absolute atomic E-state index is 4.56. The fraction of sp³-hybridized carbons (Fsp3) is 0.444. The zero-order valence-electron chi connectivity index (χ0n) is 14.8. The molecule has 1 aromatic carbocycles. The SMILES string of the molecule is Cc1cc(C)cc(Nc2nc(C)cc(NCCCN(C)C)n2)c1. The maximum atomic E-state index is 4.56. The van der Waals surface area contributed by atoms with E-state index in [0.29, 0.717) is 5.95 Å². The van der Waals surface area contributed by atoms with E-state index in [4.69, 9.17) is 0 Å². The van der Waals surface area contributed by atoms with Crippen molar-refractivity contribution in [1.82, 2.24) is 14.9 Å². The molecule has 2 N–H and O–H groups in total. The van der Waals surface area contributed by atoms with Crippen molar-refractivity contribution in [2.24, 2.45) is 0 Å². The van der Waals surface area contributed by atoms with Gasteiger partial charge in [-0.3, -0.25) is 0 Å². The van der Waals surface area contributed by atoms with Crippen molar-refractivity contribution >= 4 is 17.5 Å². The molecule has 0 bridgehead atoms. The molecule has 5 heteroatoms. The van der Waals surface area contributed by atoms with E-state index >= 15 is 0 Å². The van der Waals surface area contributed by atoms with Crippen LogP contribution in [0.2, 0.25) is 0 Å². The highest BCUT2D eigenvalue weighted by Crippen LogP contribution is 2.18. The molecule has 0 aliphatic heterocycles. The van der Waals surface area contributed by atoms with Crippen molar-refractivity contribution < 1.29 is 0 Å². The number of benzene rings is 1. The molecule has 0 amide bonds. The summed E-state index contributed by atoms with van der Waals surface area (Å²) < 4.78 is 0. The van der Waals surface area contributed by atoms with Crippen molar-refractivity contribution in [2.45, 2.75) is 27.2 Å². The smallest absolute Gasteiger partial charge is 0.229 e. The Morgan fingerprint density at radius 3 is 2.30 bits per heavy atom. The van der Waals surface area contributed by atoms with Crippen LogP contribution in [0.1, 0.15) is 23.2 Å². The molecule has 2 aromatic rings. The Bertz CT molecular complexity index is 632. The third-order valence-electron chi connectivity index (χ3n) is 3.42. The summed E-state index contributed by atoms with van der Waals surface area (Å²) >= 11 is 0. The number of nitrogens with one attached hydrogen (secondary N) is 2. The second-order valence-corrected chi connectivity index (χ2v) is 6.30. The van der Waals surface area contributed by atoms with Gasteiger partial charge in [-0.25, -0.2) is 4.98 Å². The van der Waals surface area contributed by atoms with Gasteiger partial charge in [0.1, 0.15) is 5.82 Å². The second-order valence-electron chi connectivity index (χ2n) is 6.30. The van der Waals surface area contributed by atoms with Gasteiger partial charge in [0, 0.05) is 24.0 Å². The molecule has 0 spiro atoms. The van der Waals surface area contributed by atoms with Crippen molar-refractivity contribution in [3.63, 3.8) is 0 Å². The van der Waals surface area contributed by atoms with Crippen LogP contribution in [0, 0.1) is 20.8 Å². The molecular formula is C18H27N5. The minimum atomic E-state index is 0.630. The van der Waals surface area contributed by atoms with Crippen molar-refractivity contribution in [3.8, 4) is 0 Å².